The van der Waals surface area contributed by atoms with Gasteiger partial charge >= 0.3 is 0 Å². The van der Waals surface area contributed by atoms with Crippen LogP contribution in [0.25, 0.3) is 0 Å². The quantitative estimate of drug-likeness (QED) is 0.483. The van der Waals surface area contributed by atoms with Gasteiger partial charge in [0.2, 0.25) is 10.0 Å². The highest BCUT2D eigenvalue weighted by Gasteiger charge is 2.29. The second-order valence-electron chi connectivity index (χ2n) is 7.81. The van der Waals surface area contributed by atoms with E-state index >= 15 is 0 Å². The molecule has 1 heterocycles. The van der Waals surface area contributed by atoms with Gasteiger partial charge in [0.15, 0.2) is 0 Å². The second-order valence-corrected chi connectivity index (χ2v) is 10.6. The zero-order chi connectivity index (χ0) is 25.2. The number of halogens is 3. The lowest BCUT2D eigenvalue weighted by atomic mass is 10.2. The molecule has 0 aromatic heterocycles. The van der Waals surface area contributed by atoms with Crippen LogP contribution in [0.4, 0.5) is 15.8 Å². The van der Waals surface area contributed by atoms with Crippen LogP contribution in [0.3, 0.4) is 0 Å². The highest BCUT2D eigenvalue weighted by atomic mass is 35.5. The number of carbonyl (C=O) groups is 1. The number of ether oxygens (including phenoxy) is 1. The van der Waals surface area contributed by atoms with Crippen molar-refractivity contribution < 1.29 is 22.3 Å². The molecule has 1 amide bonds. The number of carbonyl (C=O) groups excluding carboxylic acids is 1. The van der Waals surface area contributed by atoms with Crippen LogP contribution in [-0.2, 0) is 10.0 Å². The van der Waals surface area contributed by atoms with Crippen molar-refractivity contribution in [1.82, 2.24) is 4.31 Å². The summed E-state index contributed by atoms with van der Waals surface area (Å²) in [6.45, 7) is 1.49. The summed E-state index contributed by atoms with van der Waals surface area (Å²) in [6, 6.07) is 15.2. The van der Waals surface area contributed by atoms with Gasteiger partial charge in [0.25, 0.3) is 5.91 Å². The highest BCUT2D eigenvalue weighted by molar-refractivity contribution is 7.89. The smallest absolute Gasteiger partial charge is 0.257 e. The number of hydrogen-bond acceptors (Lipinski definition) is 5. The number of methoxy groups -OCH3 is 1. The third-order valence-corrected chi connectivity index (χ3v) is 8.12. The fourth-order valence-corrected chi connectivity index (χ4v) is 5.68. The number of anilines is 2. The number of piperazine rings is 1. The van der Waals surface area contributed by atoms with Crippen LogP contribution in [-0.4, -0.2) is 51.9 Å². The summed E-state index contributed by atoms with van der Waals surface area (Å²) in [6.07, 6.45) is 0. The first kappa shape index (κ1) is 25.2. The molecule has 11 heteroatoms. The highest BCUT2D eigenvalue weighted by Crippen LogP contribution is 2.27. The van der Waals surface area contributed by atoms with E-state index in [1.54, 1.807) is 7.11 Å². The molecule has 1 aliphatic heterocycles. The van der Waals surface area contributed by atoms with Gasteiger partial charge in [0.05, 0.1) is 28.3 Å². The van der Waals surface area contributed by atoms with Crippen molar-refractivity contribution in [1.29, 1.82) is 0 Å². The predicted octanol–water partition coefficient (Wildman–Crippen LogP) is 4.90. The molecular formula is C24H22Cl2FN3O4S. The van der Waals surface area contributed by atoms with Crippen LogP contribution < -0.4 is 15.0 Å². The molecule has 0 spiro atoms. The van der Waals surface area contributed by atoms with Crippen molar-refractivity contribution in [2.24, 2.45) is 0 Å². The summed E-state index contributed by atoms with van der Waals surface area (Å²) in [7, 11) is -2.32. The van der Waals surface area contributed by atoms with Gasteiger partial charge in [-0.25, -0.2) is 12.8 Å². The van der Waals surface area contributed by atoms with Gasteiger partial charge in [-0.3, -0.25) is 4.79 Å². The SMILES string of the molecule is COc1ccc(N2CCN(S(=O)(=O)c3ccc(NC(=O)c4ccc(Cl)cc4Cl)c(F)c3)CC2)cc1. The average Bonchev–Trinajstić information content (AvgIpc) is 2.85. The van der Waals surface area contributed by atoms with Crippen molar-refractivity contribution >= 4 is 50.5 Å². The first-order valence-electron chi connectivity index (χ1n) is 10.6. The van der Waals surface area contributed by atoms with E-state index in [1.807, 2.05) is 24.3 Å². The van der Waals surface area contributed by atoms with Gasteiger partial charge in [0, 0.05) is 36.9 Å². The van der Waals surface area contributed by atoms with E-state index in [0.29, 0.717) is 18.1 Å². The Labute approximate surface area is 213 Å². The van der Waals surface area contributed by atoms with Crippen LogP contribution >= 0.6 is 23.2 Å². The maximum atomic E-state index is 14.8. The van der Waals surface area contributed by atoms with E-state index < -0.39 is 21.7 Å². The van der Waals surface area contributed by atoms with E-state index in [0.717, 1.165) is 17.5 Å². The molecule has 35 heavy (non-hydrogen) atoms. The molecule has 184 valence electrons. The number of rotatable bonds is 6. The first-order valence-corrected chi connectivity index (χ1v) is 12.8. The minimum absolute atomic E-state index is 0.113. The van der Waals surface area contributed by atoms with Gasteiger partial charge in [0.1, 0.15) is 11.6 Å². The first-order chi connectivity index (χ1) is 16.7. The normalized spacial score (nSPS) is 14.6. The monoisotopic (exact) mass is 537 g/mol. The van der Waals surface area contributed by atoms with Crippen molar-refractivity contribution in [2.45, 2.75) is 4.90 Å². The Morgan fingerprint density at radius 1 is 0.971 bits per heavy atom. The molecule has 4 rings (SSSR count). The lowest BCUT2D eigenvalue weighted by Gasteiger charge is -2.35. The van der Waals surface area contributed by atoms with E-state index in [1.165, 1.54) is 34.6 Å². The van der Waals surface area contributed by atoms with Gasteiger partial charge < -0.3 is 15.0 Å². The molecule has 1 saturated heterocycles. The number of hydrogen-bond donors (Lipinski definition) is 1. The topological polar surface area (TPSA) is 79.0 Å². The molecule has 1 aliphatic rings. The van der Waals surface area contributed by atoms with Crippen LogP contribution in [0.2, 0.25) is 10.0 Å². The van der Waals surface area contributed by atoms with Crippen LogP contribution in [0.1, 0.15) is 10.4 Å². The molecule has 0 radical (unpaired) electrons. The Kier molecular flexibility index (Phi) is 7.51. The molecule has 3 aromatic carbocycles. The molecular weight excluding hydrogens is 516 g/mol. The standard InChI is InChI=1S/C24H22Cl2FN3O4S/c1-34-18-5-3-17(4-6-18)29-10-12-30(13-11-29)35(32,33)19-7-9-23(22(27)15-19)28-24(31)20-8-2-16(25)14-21(20)26/h2-9,14-15H,10-13H2,1H3,(H,28,31). The molecule has 1 N–H and O–H groups in total. The second kappa shape index (κ2) is 10.4. The van der Waals surface area contributed by atoms with Crippen LogP contribution in [0, 0.1) is 5.82 Å². The van der Waals surface area contributed by atoms with Crippen LogP contribution in [0.5, 0.6) is 5.75 Å². The van der Waals surface area contributed by atoms with E-state index in [2.05, 4.69) is 10.2 Å². The van der Waals surface area contributed by atoms with Crippen LogP contribution in [0.15, 0.2) is 65.6 Å². The molecule has 0 saturated carbocycles. The minimum atomic E-state index is -3.91. The minimum Gasteiger partial charge on any atom is -0.497 e. The molecule has 1 fully saturated rings. The molecule has 0 bridgehead atoms. The number of amides is 1. The third kappa shape index (κ3) is 5.54. The van der Waals surface area contributed by atoms with E-state index in [-0.39, 0.29) is 34.3 Å². The average molecular weight is 538 g/mol. The zero-order valence-electron chi connectivity index (χ0n) is 18.7. The lowest BCUT2D eigenvalue weighted by Crippen LogP contribution is -2.48. The summed E-state index contributed by atoms with van der Waals surface area (Å²) in [5.41, 5.74) is 0.918. The zero-order valence-corrected chi connectivity index (χ0v) is 21.0. The largest absolute Gasteiger partial charge is 0.497 e. The summed E-state index contributed by atoms with van der Waals surface area (Å²) >= 11 is 11.9. The maximum Gasteiger partial charge on any atom is 0.257 e. The molecule has 0 unspecified atom stereocenters. The summed E-state index contributed by atoms with van der Waals surface area (Å²) in [4.78, 5) is 14.4. The van der Waals surface area contributed by atoms with Gasteiger partial charge in [-0.2, -0.15) is 4.31 Å². The fraction of sp³-hybridized carbons (Fsp3) is 0.208. The third-order valence-electron chi connectivity index (χ3n) is 5.68. The molecule has 0 atom stereocenters. The number of nitrogens with zero attached hydrogens (tertiary/aromatic N) is 2. The van der Waals surface area contributed by atoms with Crippen molar-refractivity contribution in [3.05, 3.63) is 82.1 Å². The Morgan fingerprint density at radius 2 is 1.66 bits per heavy atom. The van der Waals surface area contributed by atoms with E-state index in [4.69, 9.17) is 27.9 Å². The molecule has 3 aromatic rings. The summed E-state index contributed by atoms with van der Waals surface area (Å²) < 4.78 is 47.5. The van der Waals surface area contributed by atoms with Crippen molar-refractivity contribution in [3.63, 3.8) is 0 Å². The fourth-order valence-electron chi connectivity index (χ4n) is 3.75. The van der Waals surface area contributed by atoms with Gasteiger partial charge in [-0.1, -0.05) is 23.2 Å². The Hall–Kier alpha value is -2.85. The van der Waals surface area contributed by atoms with Crippen molar-refractivity contribution in [2.75, 3.05) is 43.5 Å². The summed E-state index contributed by atoms with van der Waals surface area (Å²) in [5, 5.41) is 2.88. The Bertz CT molecular complexity index is 1350. The number of sulfonamides is 1. The predicted molar refractivity (Wildman–Crippen MR) is 135 cm³/mol. The van der Waals surface area contributed by atoms with E-state index in [9.17, 15) is 17.6 Å². The maximum absolute atomic E-state index is 14.8. The number of benzene rings is 3. The van der Waals surface area contributed by atoms with Crippen molar-refractivity contribution in [3.8, 4) is 5.75 Å². The van der Waals surface area contributed by atoms with Gasteiger partial charge in [-0.05, 0) is 60.7 Å². The Morgan fingerprint density at radius 3 is 2.26 bits per heavy atom. The Balaban J connectivity index is 1.44. The molecule has 7 nitrogen and oxygen atoms in total. The lowest BCUT2D eigenvalue weighted by molar-refractivity contribution is 0.102. The molecule has 0 aliphatic carbocycles. The summed E-state index contributed by atoms with van der Waals surface area (Å²) in [5.74, 6) is -0.773. The van der Waals surface area contributed by atoms with Gasteiger partial charge in [-0.15, -0.1) is 0 Å². The number of nitrogens with one attached hydrogen (secondary N) is 1.